The van der Waals surface area contributed by atoms with Gasteiger partial charge in [0.25, 0.3) is 0 Å². The number of nitrogens with one attached hydrogen (secondary N) is 1. The Kier molecular flexibility index (Phi) is 4.20. The highest BCUT2D eigenvalue weighted by Gasteiger charge is 2.36. The van der Waals surface area contributed by atoms with Crippen LogP contribution in [0.2, 0.25) is 10.0 Å². The van der Waals surface area contributed by atoms with Gasteiger partial charge in [-0.2, -0.15) is 0 Å². The van der Waals surface area contributed by atoms with Crippen LogP contribution in [0.15, 0.2) is 18.2 Å². The third-order valence-corrected chi connectivity index (χ3v) is 4.71. The maximum Gasteiger partial charge on any atom is 0.240 e. The van der Waals surface area contributed by atoms with Gasteiger partial charge in [0.2, 0.25) is 5.91 Å². The Balaban J connectivity index is 1.73. The number of halogens is 2. The molecule has 0 radical (unpaired) electrons. The van der Waals surface area contributed by atoms with Crippen LogP contribution in [0.5, 0.6) is 0 Å². The molecule has 0 bridgehead atoms. The summed E-state index contributed by atoms with van der Waals surface area (Å²) >= 11 is 12.0. The first-order valence-electron chi connectivity index (χ1n) is 7.13. The summed E-state index contributed by atoms with van der Waals surface area (Å²) in [6.07, 6.45) is 4.25. The van der Waals surface area contributed by atoms with Crippen LogP contribution in [0.1, 0.15) is 31.2 Å². The quantitative estimate of drug-likeness (QED) is 0.925. The molecule has 1 saturated carbocycles. The lowest BCUT2D eigenvalue weighted by Crippen LogP contribution is -2.44. The van der Waals surface area contributed by atoms with Gasteiger partial charge in [-0.15, -0.1) is 0 Å². The molecule has 1 amide bonds. The van der Waals surface area contributed by atoms with Crippen molar-refractivity contribution in [1.82, 2.24) is 10.2 Å². The zero-order valence-corrected chi connectivity index (χ0v) is 12.8. The molecule has 0 spiro atoms. The lowest BCUT2D eigenvalue weighted by atomic mass is 10.1. The number of hydrogen-bond donors (Lipinski definition) is 1. The van der Waals surface area contributed by atoms with E-state index < -0.39 is 0 Å². The highest BCUT2D eigenvalue weighted by molar-refractivity contribution is 6.42. The molecule has 3 nitrogen and oxygen atoms in total. The van der Waals surface area contributed by atoms with Crippen molar-refractivity contribution in [2.45, 2.75) is 44.3 Å². The number of carbonyl (C=O) groups is 1. The van der Waals surface area contributed by atoms with Crippen molar-refractivity contribution >= 4 is 29.1 Å². The molecular weight excluding hydrogens is 295 g/mol. The molecule has 1 saturated heterocycles. The van der Waals surface area contributed by atoms with Crippen LogP contribution >= 0.6 is 23.2 Å². The minimum absolute atomic E-state index is 0.00151. The molecule has 1 atom stereocenters. The summed E-state index contributed by atoms with van der Waals surface area (Å²) in [6, 6.07) is 5.99. The minimum atomic E-state index is -0.00151. The minimum Gasteiger partial charge on any atom is -0.334 e. The molecule has 5 heteroatoms. The fourth-order valence-electron chi connectivity index (χ4n) is 2.70. The monoisotopic (exact) mass is 312 g/mol. The summed E-state index contributed by atoms with van der Waals surface area (Å²) in [5.74, 6) is 0.232. The molecule has 0 unspecified atom stereocenters. The van der Waals surface area contributed by atoms with Gasteiger partial charge in [0, 0.05) is 12.6 Å². The first-order valence-corrected chi connectivity index (χ1v) is 7.88. The van der Waals surface area contributed by atoms with Crippen LogP contribution in [-0.2, 0) is 11.3 Å². The van der Waals surface area contributed by atoms with Gasteiger partial charge in [0.05, 0.1) is 16.1 Å². The second kappa shape index (κ2) is 5.92. The van der Waals surface area contributed by atoms with E-state index in [4.69, 9.17) is 23.2 Å². The van der Waals surface area contributed by atoms with Crippen LogP contribution in [0.4, 0.5) is 0 Å². The van der Waals surface area contributed by atoms with E-state index >= 15 is 0 Å². The predicted molar refractivity (Wildman–Crippen MR) is 81.1 cm³/mol. The largest absolute Gasteiger partial charge is 0.334 e. The van der Waals surface area contributed by atoms with Gasteiger partial charge < -0.3 is 10.2 Å². The van der Waals surface area contributed by atoms with Crippen molar-refractivity contribution in [2.24, 2.45) is 0 Å². The van der Waals surface area contributed by atoms with Crippen LogP contribution in [0.25, 0.3) is 0 Å². The Morgan fingerprint density at radius 2 is 2.05 bits per heavy atom. The third kappa shape index (κ3) is 3.11. The maximum atomic E-state index is 12.6. The lowest BCUT2D eigenvalue weighted by molar-refractivity contribution is -0.134. The van der Waals surface area contributed by atoms with Crippen molar-refractivity contribution in [3.05, 3.63) is 33.8 Å². The van der Waals surface area contributed by atoms with E-state index in [0.717, 1.165) is 37.8 Å². The molecular formula is C15H18Cl2N2O. The molecule has 1 aromatic rings. The standard InChI is InChI=1S/C15H18Cl2N2O/c16-12-6-3-10(8-13(12)17)9-19(11-4-5-11)15(20)14-2-1-7-18-14/h3,6,8,11,14,18H,1-2,4-5,7,9H2/t14-/m0/s1. The number of rotatable bonds is 4. The SMILES string of the molecule is O=C([C@@H]1CCCN1)N(Cc1ccc(Cl)c(Cl)c1)C1CC1. The molecule has 1 aliphatic heterocycles. The van der Waals surface area contributed by atoms with Gasteiger partial charge in [-0.25, -0.2) is 0 Å². The van der Waals surface area contributed by atoms with Gasteiger partial charge in [-0.3, -0.25) is 4.79 Å². The second-order valence-electron chi connectivity index (χ2n) is 5.59. The number of carbonyl (C=O) groups excluding carboxylic acids is 1. The zero-order valence-electron chi connectivity index (χ0n) is 11.2. The number of nitrogens with zero attached hydrogens (tertiary/aromatic N) is 1. The lowest BCUT2D eigenvalue weighted by Gasteiger charge is -2.26. The highest BCUT2D eigenvalue weighted by atomic mass is 35.5. The molecule has 108 valence electrons. The van der Waals surface area contributed by atoms with E-state index in [1.807, 2.05) is 17.0 Å². The normalized spacial score (nSPS) is 22.0. The van der Waals surface area contributed by atoms with Crippen LogP contribution in [-0.4, -0.2) is 29.4 Å². The van der Waals surface area contributed by atoms with Gasteiger partial charge in [-0.05, 0) is 49.9 Å². The highest BCUT2D eigenvalue weighted by Crippen LogP contribution is 2.31. The third-order valence-electron chi connectivity index (χ3n) is 3.97. The molecule has 1 aromatic carbocycles. The van der Waals surface area contributed by atoms with Crippen LogP contribution in [0.3, 0.4) is 0 Å². The van der Waals surface area contributed by atoms with Crippen molar-refractivity contribution in [3.8, 4) is 0 Å². The van der Waals surface area contributed by atoms with E-state index in [0.29, 0.717) is 22.6 Å². The fraction of sp³-hybridized carbons (Fsp3) is 0.533. The van der Waals surface area contributed by atoms with E-state index in [2.05, 4.69) is 5.32 Å². The molecule has 3 rings (SSSR count). The van der Waals surface area contributed by atoms with Crippen molar-refractivity contribution in [3.63, 3.8) is 0 Å². The number of amides is 1. The van der Waals surface area contributed by atoms with E-state index in [-0.39, 0.29) is 11.9 Å². The van der Waals surface area contributed by atoms with E-state index in [1.54, 1.807) is 6.07 Å². The van der Waals surface area contributed by atoms with Gasteiger partial charge in [0.1, 0.15) is 0 Å². The topological polar surface area (TPSA) is 32.3 Å². The van der Waals surface area contributed by atoms with Gasteiger partial charge in [0.15, 0.2) is 0 Å². The predicted octanol–water partition coefficient (Wildman–Crippen LogP) is 3.24. The fourth-order valence-corrected chi connectivity index (χ4v) is 3.02. The molecule has 1 heterocycles. The van der Waals surface area contributed by atoms with Gasteiger partial charge in [-0.1, -0.05) is 29.3 Å². The van der Waals surface area contributed by atoms with E-state index in [1.165, 1.54) is 0 Å². The number of benzene rings is 1. The average Bonchev–Trinajstić information content (AvgIpc) is 3.13. The molecule has 1 aliphatic carbocycles. The zero-order chi connectivity index (χ0) is 14.1. The second-order valence-corrected chi connectivity index (χ2v) is 6.41. The summed E-state index contributed by atoms with van der Waals surface area (Å²) in [7, 11) is 0. The summed E-state index contributed by atoms with van der Waals surface area (Å²) in [5.41, 5.74) is 1.04. The Labute approximate surface area is 129 Å². The first kappa shape index (κ1) is 14.2. The Morgan fingerprint density at radius 1 is 1.25 bits per heavy atom. The summed E-state index contributed by atoms with van der Waals surface area (Å²) in [4.78, 5) is 14.6. The van der Waals surface area contributed by atoms with Crippen molar-refractivity contribution in [2.75, 3.05) is 6.54 Å². The Bertz CT molecular complexity index is 511. The Hall–Kier alpha value is -0.770. The summed E-state index contributed by atoms with van der Waals surface area (Å²) < 4.78 is 0. The maximum absolute atomic E-state index is 12.6. The van der Waals surface area contributed by atoms with Crippen LogP contribution in [0, 0.1) is 0 Å². The van der Waals surface area contributed by atoms with Crippen molar-refractivity contribution in [1.29, 1.82) is 0 Å². The van der Waals surface area contributed by atoms with Crippen LogP contribution < -0.4 is 5.32 Å². The molecule has 20 heavy (non-hydrogen) atoms. The molecule has 0 aromatic heterocycles. The van der Waals surface area contributed by atoms with Gasteiger partial charge >= 0.3 is 0 Å². The molecule has 1 N–H and O–H groups in total. The molecule has 2 fully saturated rings. The Morgan fingerprint density at radius 3 is 2.65 bits per heavy atom. The summed E-state index contributed by atoms with van der Waals surface area (Å²) in [5, 5.41) is 4.39. The number of hydrogen-bond acceptors (Lipinski definition) is 2. The van der Waals surface area contributed by atoms with E-state index in [9.17, 15) is 4.79 Å². The smallest absolute Gasteiger partial charge is 0.240 e. The van der Waals surface area contributed by atoms with Crippen molar-refractivity contribution < 1.29 is 4.79 Å². The first-order chi connectivity index (χ1) is 9.65. The molecule has 2 aliphatic rings. The summed E-state index contributed by atoms with van der Waals surface area (Å²) in [6.45, 7) is 1.57. The average molecular weight is 313 g/mol.